The molecule has 2 heterocycles. The van der Waals surface area contributed by atoms with Gasteiger partial charge in [0.05, 0.1) is 29.7 Å². The van der Waals surface area contributed by atoms with Crippen LogP contribution in [0.2, 0.25) is 0 Å². The summed E-state index contributed by atoms with van der Waals surface area (Å²) in [5, 5.41) is 15.2. The maximum absolute atomic E-state index is 13.4. The molecular weight excluding hydrogens is 385 g/mol. The number of carbonyl (C=O) groups is 1. The lowest BCUT2D eigenvalue weighted by atomic mass is 9.71. The van der Waals surface area contributed by atoms with E-state index in [1.807, 2.05) is 4.90 Å². The van der Waals surface area contributed by atoms with Crippen LogP contribution in [0.5, 0.6) is 0 Å². The van der Waals surface area contributed by atoms with Crippen molar-refractivity contribution in [2.75, 3.05) is 51.3 Å². The van der Waals surface area contributed by atoms with Crippen molar-refractivity contribution in [1.82, 2.24) is 10.6 Å². The first-order chi connectivity index (χ1) is 13.8. The predicted octanol–water partition coefficient (Wildman–Crippen LogP) is 2.15. The van der Waals surface area contributed by atoms with Crippen molar-refractivity contribution in [3.8, 4) is 6.07 Å². The summed E-state index contributed by atoms with van der Waals surface area (Å²) in [5.41, 5.74) is -1.23. The summed E-state index contributed by atoms with van der Waals surface area (Å²) in [6.07, 6.45) is -3.04. The Hall–Kier alpha value is -2.31. The highest BCUT2D eigenvalue weighted by Gasteiger charge is 2.50. The fraction of sp³-hybridized carbons (Fsp3) is 0.600. The van der Waals surface area contributed by atoms with Crippen LogP contribution in [0.4, 0.5) is 18.9 Å². The van der Waals surface area contributed by atoms with E-state index in [1.165, 1.54) is 12.1 Å². The molecule has 1 amide bonds. The van der Waals surface area contributed by atoms with Gasteiger partial charge in [-0.25, -0.2) is 0 Å². The van der Waals surface area contributed by atoms with Gasteiger partial charge in [0.2, 0.25) is 5.91 Å². The summed E-state index contributed by atoms with van der Waals surface area (Å²) in [6.45, 7) is 3.21. The highest BCUT2D eigenvalue weighted by molar-refractivity contribution is 5.81. The molecule has 2 aliphatic heterocycles. The summed E-state index contributed by atoms with van der Waals surface area (Å²) < 4.78 is 45.1. The molecule has 29 heavy (non-hydrogen) atoms. The number of nitrogens with zero attached hydrogens (tertiary/aromatic N) is 2. The molecule has 1 aromatic carbocycles. The Bertz CT molecular complexity index is 785. The number of alkyl halides is 3. The van der Waals surface area contributed by atoms with Crippen LogP contribution in [0.25, 0.3) is 0 Å². The molecule has 0 aromatic heterocycles. The van der Waals surface area contributed by atoms with E-state index in [0.29, 0.717) is 31.9 Å². The van der Waals surface area contributed by atoms with Crippen molar-refractivity contribution >= 4 is 11.6 Å². The van der Waals surface area contributed by atoms with Crippen LogP contribution < -0.4 is 15.5 Å². The zero-order valence-corrected chi connectivity index (χ0v) is 16.3. The highest BCUT2D eigenvalue weighted by atomic mass is 19.4. The largest absolute Gasteiger partial charge is 0.417 e. The van der Waals surface area contributed by atoms with Gasteiger partial charge in [0.25, 0.3) is 0 Å². The first-order valence-electron chi connectivity index (χ1n) is 9.64. The molecule has 0 bridgehead atoms. The molecule has 1 aromatic rings. The van der Waals surface area contributed by atoms with Crippen molar-refractivity contribution < 1.29 is 22.7 Å². The van der Waals surface area contributed by atoms with Crippen LogP contribution in [-0.4, -0.2) is 52.3 Å². The van der Waals surface area contributed by atoms with Crippen LogP contribution >= 0.6 is 0 Å². The number of methoxy groups -OCH3 is 1. The number of nitriles is 1. The van der Waals surface area contributed by atoms with Gasteiger partial charge in [-0.2, -0.15) is 18.4 Å². The molecule has 0 saturated carbocycles. The minimum atomic E-state index is -4.61. The second-order valence-electron chi connectivity index (χ2n) is 7.67. The van der Waals surface area contributed by atoms with Gasteiger partial charge in [-0.3, -0.25) is 4.79 Å². The minimum absolute atomic E-state index is 0.0869. The summed E-state index contributed by atoms with van der Waals surface area (Å²) in [5.74, 6) is -0.400. The molecule has 3 rings (SSSR count). The Labute approximate surface area is 168 Å². The first-order valence-corrected chi connectivity index (χ1v) is 9.64. The third-order valence-corrected chi connectivity index (χ3v) is 5.96. The van der Waals surface area contributed by atoms with Gasteiger partial charge in [0, 0.05) is 37.8 Å². The Morgan fingerprint density at radius 3 is 2.76 bits per heavy atom. The molecule has 1 unspecified atom stereocenters. The second-order valence-corrected chi connectivity index (χ2v) is 7.67. The molecule has 6 nitrogen and oxygen atoms in total. The quantitative estimate of drug-likeness (QED) is 0.728. The van der Waals surface area contributed by atoms with Gasteiger partial charge in [-0.05, 0) is 44.1 Å². The number of halogens is 3. The van der Waals surface area contributed by atoms with E-state index >= 15 is 0 Å². The zero-order chi connectivity index (χ0) is 21.1. The summed E-state index contributed by atoms with van der Waals surface area (Å²) >= 11 is 0. The van der Waals surface area contributed by atoms with E-state index in [-0.39, 0.29) is 17.2 Å². The SMILES string of the molecule is COCCNC(=O)C1CN(c2ccc(C#N)c(C(F)(F)F)c2)CC12CCNCC2. The topological polar surface area (TPSA) is 77.4 Å². The van der Waals surface area contributed by atoms with Gasteiger partial charge in [-0.15, -0.1) is 0 Å². The van der Waals surface area contributed by atoms with Crippen molar-refractivity contribution in [2.45, 2.75) is 19.0 Å². The van der Waals surface area contributed by atoms with Crippen molar-refractivity contribution in [1.29, 1.82) is 5.26 Å². The molecule has 2 saturated heterocycles. The van der Waals surface area contributed by atoms with Gasteiger partial charge < -0.3 is 20.3 Å². The lowest BCUT2D eigenvalue weighted by molar-refractivity contribution is -0.137. The van der Waals surface area contributed by atoms with Crippen molar-refractivity contribution in [3.63, 3.8) is 0 Å². The van der Waals surface area contributed by atoms with E-state index in [4.69, 9.17) is 10.00 Å². The van der Waals surface area contributed by atoms with Crippen LogP contribution in [0, 0.1) is 22.7 Å². The first kappa shape index (κ1) is 21.4. The standard InChI is InChI=1S/C20H25F3N4O2/c1-29-9-8-26-18(28)17-12-27(13-19(17)4-6-25-7-5-19)15-3-2-14(11-24)16(10-15)20(21,22)23/h2-3,10,17,25H,4-9,12-13H2,1H3,(H,26,28). The monoisotopic (exact) mass is 410 g/mol. The number of hydrogen-bond acceptors (Lipinski definition) is 5. The fourth-order valence-corrected chi connectivity index (χ4v) is 4.42. The summed E-state index contributed by atoms with van der Waals surface area (Å²) in [4.78, 5) is 14.7. The van der Waals surface area contributed by atoms with E-state index in [1.54, 1.807) is 13.2 Å². The second kappa shape index (κ2) is 8.59. The zero-order valence-electron chi connectivity index (χ0n) is 16.3. The number of piperidine rings is 1. The Morgan fingerprint density at radius 1 is 1.41 bits per heavy atom. The van der Waals surface area contributed by atoms with Gasteiger partial charge >= 0.3 is 6.18 Å². The fourth-order valence-electron chi connectivity index (χ4n) is 4.42. The number of hydrogen-bond donors (Lipinski definition) is 2. The van der Waals surface area contributed by atoms with E-state index in [9.17, 15) is 18.0 Å². The summed E-state index contributed by atoms with van der Waals surface area (Å²) in [7, 11) is 1.56. The molecule has 2 fully saturated rings. The molecule has 0 aliphatic carbocycles. The number of carbonyl (C=O) groups excluding carboxylic acids is 1. The van der Waals surface area contributed by atoms with Gasteiger partial charge in [-0.1, -0.05) is 0 Å². The third-order valence-electron chi connectivity index (χ3n) is 5.96. The number of benzene rings is 1. The lowest BCUT2D eigenvalue weighted by Gasteiger charge is -2.37. The molecule has 158 valence electrons. The number of nitrogens with one attached hydrogen (secondary N) is 2. The number of ether oxygens (including phenoxy) is 1. The molecule has 9 heteroatoms. The van der Waals surface area contributed by atoms with Crippen LogP contribution in [-0.2, 0) is 15.7 Å². The smallest absolute Gasteiger partial charge is 0.383 e. The maximum Gasteiger partial charge on any atom is 0.417 e. The summed E-state index contributed by atoms with van der Waals surface area (Å²) in [6, 6.07) is 5.38. The molecule has 0 radical (unpaired) electrons. The predicted molar refractivity (Wildman–Crippen MR) is 101 cm³/mol. The minimum Gasteiger partial charge on any atom is -0.383 e. The molecular formula is C20H25F3N4O2. The number of anilines is 1. The van der Waals surface area contributed by atoms with Crippen LogP contribution in [0.15, 0.2) is 18.2 Å². The molecule has 1 atom stereocenters. The van der Waals surface area contributed by atoms with Gasteiger partial charge in [0.1, 0.15) is 0 Å². The normalized spacial score (nSPS) is 21.2. The van der Waals surface area contributed by atoms with E-state index in [2.05, 4.69) is 10.6 Å². The number of amides is 1. The third kappa shape index (κ3) is 4.49. The molecule has 1 spiro atoms. The molecule has 2 aliphatic rings. The number of rotatable bonds is 5. The Balaban J connectivity index is 1.88. The lowest BCUT2D eigenvalue weighted by Crippen LogP contribution is -2.47. The Kier molecular flexibility index (Phi) is 6.34. The Morgan fingerprint density at radius 2 is 2.14 bits per heavy atom. The average Bonchev–Trinajstić information content (AvgIpc) is 3.06. The van der Waals surface area contributed by atoms with E-state index < -0.39 is 17.3 Å². The van der Waals surface area contributed by atoms with Crippen molar-refractivity contribution in [2.24, 2.45) is 11.3 Å². The van der Waals surface area contributed by atoms with Crippen molar-refractivity contribution in [3.05, 3.63) is 29.3 Å². The molecule has 2 N–H and O–H groups in total. The van der Waals surface area contributed by atoms with E-state index in [0.717, 1.165) is 32.0 Å². The van der Waals surface area contributed by atoms with Gasteiger partial charge in [0.15, 0.2) is 0 Å². The van der Waals surface area contributed by atoms with Crippen LogP contribution in [0.3, 0.4) is 0 Å². The van der Waals surface area contributed by atoms with Crippen LogP contribution in [0.1, 0.15) is 24.0 Å². The average molecular weight is 410 g/mol. The maximum atomic E-state index is 13.4. The highest BCUT2D eigenvalue weighted by Crippen LogP contribution is 2.45.